The Labute approximate surface area is 157 Å². The van der Waals surface area contributed by atoms with E-state index >= 15 is 0 Å². The van der Waals surface area contributed by atoms with E-state index in [2.05, 4.69) is 4.98 Å². The number of nitrogens with one attached hydrogen (secondary N) is 1. The predicted octanol–water partition coefficient (Wildman–Crippen LogP) is 3.58. The van der Waals surface area contributed by atoms with Crippen LogP contribution in [-0.4, -0.2) is 48.1 Å². The van der Waals surface area contributed by atoms with E-state index in [1.54, 1.807) is 14.2 Å². The number of amidine groups is 1. The molecule has 3 rings (SSSR count). The summed E-state index contributed by atoms with van der Waals surface area (Å²) in [6.45, 7) is 4.92. The number of aliphatic hydroxyl groups excluding tert-OH is 1. The largest absolute Gasteiger partial charge is 0.510 e. The Morgan fingerprint density at radius 1 is 1.23 bits per heavy atom. The van der Waals surface area contributed by atoms with Crippen LogP contribution in [0.1, 0.15) is 21.1 Å². The minimum atomic E-state index is 0.219. The second-order valence-electron chi connectivity index (χ2n) is 6.19. The molecule has 2 N–H and O–H groups in total. The number of nitrogens with zero attached hydrogens (tertiary/aromatic N) is 2. The molecular weight excluding hydrogens is 350 g/mol. The van der Waals surface area contributed by atoms with Crippen molar-refractivity contribution in [3.8, 4) is 11.5 Å². The summed E-state index contributed by atoms with van der Waals surface area (Å²) >= 11 is 1.52. The van der Waals surface area contributed by atoms with E-state index in [-0.39, 0.29) is 5.76 Å². The monoisotopic (exact) mass is 373 g/mol. The minimum absolute atomic E-state index is 0.219. The molecule has 1 aliphatic heterocycles. The van der Waals surface area contributed by atoms with Crippen LogP contribution < -0.4 is 9.47 Å². The van der Waals surface area contributed by atoms with E-state index in [1.807, 2.05) is 36.9 Å². The van der Waals surface area contributed by atoms with E-state index in [4.69, 9.17) is 14.9 Å². The molecule has 0 atom stereocenters. The Kier molecular flexibility index (Phi) is 5.18. The van der Waals surface area contributed by atoms with Crippen molar-refractivity contribution in [2.75, 3.05) is 27.3 Å². The molecular formula is C19H23N3O3S. The predicted molar refractivity (Wildman–Crippen MR) is 104 cm³/mol. The van der Waals surface area contributed by atoms with Gasteiger partial charge in [-0.3, -0.25) is 5.41 Å². The maximum Gasteiger partial charge on any atom is 0.160 e. The van der Waals surface area contributed by atoms with Crippen LogP contribution in [0.4, 0.5) is 0 Å². The molecule has 0 unspecified atom stereocenters. The van der Waals surface area contributed by atoms with Crippen molar-refractivity contribution < 1.29 is 14.6 Å². The van der Waals surface area contributed by atoms with Crippen molar-refractivity contribution in [2.24, 2.45) is 0 Å². The van der Waals surface area contributed by atoms with Crippen molar-refractivity contribution in [1.29, 1.82) is 5.41 Å². The smallest absolute Gasteiger partial charge is 0.160 e. The van der Waals surface area contributed by atoms with Gasteiger partial charge in [-0.2, -0.15) is 0 Å². The average molecular weight is 373 g/mol. The van der Waals surface area contributed by atoms with E-state index in [1.165, 1.54) is 11.3 Å². The van der Waals surface area contributed by atoms with E-state index in [0.29, 0.717) is 36.0 Å². The molecule has 0 saturated carbocycles. The van der Waals surface area contributed by atoms with Gasteiger partial charge in [-0.05, 0) is 38.0 Å². The summed E-state index contributed by atoms with van der Waals surface area (Å²) in [6.07, 6.45) is 0.735. The fourth-order valence-electron chi connectivity index (χ4n) is 2.93. The van der Waals surface area contributed by atoms with Crippen LogP contribution in [-0.2, 0) is 6.42 Å². The van der Waals surface area contributed by atoms with Crippen molar-refractivity contribution in [1.82, 2.24) is 9.88 Å². The summed E-state index contributed by atoms with van der Waals surface area (Å²) in [4.78, 5) is 7.47. The molecule has 7 heteroatoms. The van der Waals surface area contributed by atoms with E-state index in [9.17, 15) is 5.11 Å². The van der Waals surface area contributed by atoms with Crippen molar-refractivity contribution in [3.63, 3.8) is 0 Å². The number of hydrogen-bond acceptors (Lipinski definition) is 6. The highest BCUT2D eigenvalue weighted by Gasteiger charge is 2.30. The van der Waals surface area contributed by atoms with Crippen molar-refractivity contribution in [2.45, 2.75) is 20.3 Å². The second kappa shape index (κ2) is 7.37. The quantitative estimate of drug-likeness (QED) is 0.809. The molecule has 26 heavy (non-hydrogen) atoms. The highest BCUT2D eigenvalue weighted by atomic mass is 32.1. The molecule has 0 radical (unpaired) electrons. The lowest BCUT2D eigenvalue weighted by atomic mass is 10.1. The molecule has 0 amide bonds. The zero-order chi connectivity index (χ0) is 18.8. The van der Waals surface area contributed by atoms with Crippen LogP contribution in [0.25, 0.3) is 5.57 Å². The summed E-state index contributed by atoms with van der Waals surface area (Å²) in [5, 5.41) is 19.5. The van der Waals surface area contributed by atoms with E-state index in [0.717, 1.165) is 27.6 Å². The summed E-state index contributed by atoms with van der Waals surface area (Å²) in [5.74, 6) is 1.94. The molecule has 1 aromatic carbocycles. The van der Waals surface area contributed by atoms with Gasteiger partial charge in [0.05, 0.1) is 32.0 Å². The molecule has 1 aliphatic rings. The highest BCUT2D eigenvalue weighted by Crippen LogP contribution is 2.32. The number of benzene rings is 1. The van der Waals surface area contributed by atoms with Crippen molar-refractivity contribution in [3.05, 3.63) is 45.1 Å². The molecule has 6 nitrogen and oxygen atoms in total. The first-order chi connectivity index (χ1) is 12.4. The molecule has 2 aromatic rings. The Balaban J connectivity index is 1.70. The number of thiazole rings is 1. The summed E-state index contributed by atoms with van der Waals surface area (Å²) in [5.41, 5.74) is 2.59. The molecule has 1 aromatic heterocycles. The standard InChI is InChI=1S/C19H23N3O3S/c1-11-12(2)26-19(21-11)17-14(23)10-22(18(17)20)8-7-13-5-6-15(24-3)16(9-13)25-4/h5-6,9,20,23H,7-8,10H2,1-4H3. The van der Waals surface area contributed by atoms with Crippen molar-refractivity contribution >= 4 is 22.7 Å². The third-order valence-electron chi connectivity index (χ3n) is 4.54. The van der Waals surface area contributed by atoms with Gasteiger partial charge < -0.3 is 19.5 Å². The number of hydrogen-bond donors (Lipinski definition) is 2. The van der Waals surface area contributed by atoms with Gasteiger partial charge in [-0.1, -0.05) is 6.07 Å². The number of aliphatic hydroxyl groups is 1. The molecule has 0 saturated heterocycles. The molecule has 0 spiro atoms. The van der Waals surface area contributed by atoms with Gasteiger partial charge in [-0.15, -0.1) is 11.3 Å². The topological polar surface area (TPSA) is 78.7 Å². The maximum atomic E-state index is 10.4. The lowest BCUT2D eigenvalue weighted by Gasteiger charge is -2.18. The minimum Gasteiger partial charge on any atom is -0.510 e. The highest BCUT2D eigenvalue weighted by molar-refractivity contribution is 7.13. The molecule has 138 valence electrons. The number of aromatic nitrogens is 1. The van der Waals surface area contributed by atoms with Crippen LogP contribution in [0, 0.1) is 19.3 Å². The van der Waals surface area contributed by atoms with E-state index < -0.39 is 0 Å². The Hall–Kier alpha value is -2.54. The van der Waals surface area contributed by atoms with Gasteiger partial charge in [0.1, 0.15) is 16.6 Å². The van der Waals surface area contributed by atoms with Gasteiger partial charge >= 0.3 is 0 Å². The van der Waals surface area contributed by atoms with Gasteiger partial charge in [-0.25, -0.2) is 4.98 Å². The fourth-order valence-corrected chi connectivity index (χ4v) is 3.91. The number of ether oxygens (including phenoxy) is 2. The number of rotatable bonds is 6. The van der Waals surface area contributed by atoms with Crippen LogP contribution >= 0.6 is 11.3 Å². The Morgan fingerprint density at radius 2 is 1.96 bits per heavy atom. The zero-order valence-electron chi connectivity index (χ0n) is 15.4. The normalized spacial score (nSPS) is 14.3. The molecule has 0 bridgehead atoms. The first-order valence-electron chi connectivity index (χ1n) is 8.36. The lowest BCUT2D eigenvalue weighted by Crippen LogP contribution is -2.28. The van der Waals surface area contributed by atoms with Gasteiger partial charge in [0.25, 0.3) is 0 Å². The third kappa shape index (κ3) is 3.39. The summed E-state index contributed by atoms with van der Waals surface area (Å²) in [6, 6.07) is 5.81. The molecule has 0 fully saturated rings. The first-order valence-corrected chi connectivity index (χ1v) is 9.17. The number of aryl methyl sites for hydroxylation is 2. The Morgan fingerprint density at radius 3 is 2.58 bits per heavy atom. The second-order valence-corrected chi connectivity index (χ2v) is 7.40. The van der Waals surface area contributed by atoms with Gasteiger partial charge in [0, 0.05) is 11.4 Å². The number of methoxy groups -OCH3 is 2. The van der Waals surface area contributed by atoms with Gasteiger partial charge in [0.15, 0.2) is 11.5 Å². The Bertz CT molecular complexity index is 853. The van der Waals surface area contributed by atoms with Crippen LogP contribution in [0.2, 0.25) is 0 Å². The van der Waals surface area contributed by atoms with Crippen LogP contribution in [0.15, 0.2) is 24.0 Å². The molecule has 2 heterocycles. The summed E-state index contributed by atoms with van der Waals surface area (Å²) in [7, 11) is 3.23. The first kappa shape index (κ1) is 18.3. The van der Waals surface area contributed by atoms with Gasteiger partial charge in [0.2, 0.25) is 0 Å². The SMILES string of the molecule is COc1ccc(CCN2CC(O)=C(c3nc(C)c(C)s3)C2=N)cc1OC. The average Bonchev–Trinajstić information content (AvgIpc) is 3.10. The van der Waals surface area contributed by atoms with Crippen LogP contribution in [0.3, 0.4) is 0 Å². The lowest BCUT2D eigenvalue weighted by molar-refractivity contribution is 0.349. The fraction of sp³-hybridized carbons (Fsp3) is 0.368. The maximum absolute atomic E-state index is 10.4. The zero-order valence-corrected chi connectivity index (χ0v) is 16.2. The summed E-state index contributed by atoms with van der Waals surface area (Å²) < 4.78 is 10.6. The van der Waals surface area contributed by atoms with Crippen LogP contribution in [0.5, 0.6) is 11.5 Å². The third-order valence-corrected chi connectivity index (χ3v) is 5.63. The molecule has 0 aliphatic carbocycles.